The van der Waals surface area contributed by atoms with Gasteiger partial charge in [-0.05, 0) is 49.2 Å². The van der Waals surface area contributed by atoms with Crippen molar-refractivity contribution in [3.63, 3.8) is 0 Å². The Morgan fingerprint density at radius 2 is 1.81 bits per heavy atom. The van der Waals surface area contributed by atoms with E-state index in [9.17, 15) is 4.79 Å². The van der Waals surface area contributed by atoms with Crippen LogP contribution in [-0.4, -0.2) is 20.7 Å². The molecule has 4 rings (SSSR count). The lowest BCUT2D eigenvalue weighted by Crippen LogP contribution is -2.27. The summed E-state index contributed by atoms with van der Waals surface area (Å²) in [6, 6.07) is 16.2. The zero-order valence-electron chi connectivity index (χ0n) is 15.9. The van der Waals surface area contributed by atoms with Crippen LogP contribution in [0.4, 0.5) is 0 Å². The van der Waals surface area contributed by atoms with Gasteiger partial charge in [-0.25, -0.2) is 4.98 Å². The molecule has 1 N–H and O–H groups in total. The van der Waals surface area contributed by atoms with Crippen molar-refractivity contribution in [1.29, 1.82) is 0 Å². The second-order valence-corrected chi connectivity index (χ2v) is 7.02. The highest BCUT2D eigenvalue weighted by Gasteiger charge is 2.19. The Kier molecular flexibility index (Phi) is 4.15. The van der Waals surface area contributed by atoms with Gasteiger partial charge in [-0.2, -0.15) is 5.10 Å². The van der Waals surface area contributed by atoms with Crippen LogP contribution in [0, 0.1) is 13.8 Å². The molecular weight excluding hydrogens is 336 g/mol. The van der Waals surface area contributed by atoms with E-state index in [1.165, 1.54) is 10.8 Å². The molecule has 0 aliphatic rings. The summed E-state index contributed by atoms with van der Waals surface area (Å²) in [4.78, 5) is 17.6. The number of fused-ring (bicyclic) bond motifs is 2. The standard InChI is InChI=1S/C22H22N4O/c1-13-11-19(20-15(3)25-26(4)21(20)23-13)22(27)24-14(2)17-10-9-16-7-5-6-8-18(16)12-17/h5-12,14H,1-4H3,(H,24,27). The van der Waals surface area contributed by atoms with Gasteiger partial charge in [0.05, 0.1) is 22.7 Å². The minimum atomic E-state index is -0.109. The molecule has 0 aliphatic carbocycles. The van der Waals surface area contributed by atoms with E-state index in [1.807, 2.05) is 46.0 Å². The van der Waals surface area contributed by atoms with E-state index in [-0.39, 0.29) is 11.9 Å². The molecule has 1 amide bonds. The van der Waals surface area contributed by atoms with Crippen molar-refractivity contribution in [3.05, 3.63) is 71.0 Å². The van der Waals surface area contributed by atoms with E-state index < -0.39 is 0 Å². The summed E-state index contributed by atoms with van der Waals surface area (Å²) in [7, 11) is 1.85. The Morgan fingerprint density at radius 1 is 1.07 bits per heavy atom. The summed E-state index contributed by atoms with van der Waals surface area (Å²) in [5.74, 6) is -0.109. The van der Waals surface area contributed by atoms with Gasteiger partial charge >= 0.3 is 0 Å². The average Bonchev–Trinajstić information content (AvgIpc) is 2.94. The number of carbonyl (C=O) groups excluding carboxylic acids is 1. The minimum Gasteiger partial charge on any atom is -0.345 e. The zero-order valence-corrected chi connectivity index (χ0v) is 15.9. The molecule has 0 fully saturated rings. The number of aryl methyl sites for hydroxylation is 3. The number of amides is 1. The molecule has 0 saturated carbocycles. The first-order valence-electron chi connectivity index (χ1n) is 9.04. The highest BCUT2D eigenvalue weighted by molar-refractivity contribution is 6.06. The fraction of sp³-hybridized carbons (Fsp3) is 0.227. The monoisotopic (exact) mass is 358 g/mol. The first kappa shape index (κ1) is 17.2. The third kappa shape index (κ3) is 3.05. The van der Waals surface area contributed by atoms with Crippen LogP contribution in [0.3, 0.4) is 0 Å². The molecule has 4 aromatic rings. The van der Waals surface area contributed by atoms with Gasteiger partial charge in [-0.3, -0.25) is 9.48 Å². The van der Waals surface area contributed by atoms with Gasteiger partial charge in [0.25, 0.3) is 5.91 Å². The fourth-order valence-electron chi connectivity index (χ4n) is 3.58. The molecule has 0 spiro atoms. The Bertz CT molecular complexity index is 1180. The highest BCUT2D eigenvalue weighted by Crippen LogP contribution is 2.24. The van der Waals surface area contributed by atoms with Gasteiger partial charge in [-0.15, -0.1) is 0 Å². The van der Waals surface area contributed by atoms with E-state index >= 15 is 0 Å². The molecular formula is C22H22N4O. The van der Waals surface area contributed by atoms with Gasteiger partial charge in [0.15, 0.2) is 5.65 Å². The lowest BCUT2D eigenvalue weighted by Gasteiger charge is -2.16. The third-order valence-electron chi connectivity index (χ3n) is 4.96. The normalized spacial score (nSPS) is 12.4. The number of aromatic nitrogens is 3. The van der Waals surface area contributed by atoms with Crippen LogP contribution in [0.1, 0.15) is 40.3 Å². The molecule has 0 bridgehead atoms. The van der Waals surface area contributed by atoms with Crippen molar-refractivity contribution in [2.45, 2.75) is 26.8 Å². The number of nitrogens with zero attached hydrogens (tertiary/aromatic N) is 3. The number of hydrogen-bond donors (Lipinski definition) is 1. The molecule has 136 valence electrons. The molecule has 2 aromatic carbocycles. The SMILES string of the molecule is Cc1cc(C(=O)NC(C)c2ccc3ccccc3c2)c2c(C)nn(C)c2n1. The van der Waals surface area contributed by atoms with Crippen LogP contribution >= 0.6 is 0 Å². The second kappa shape index (κ2) is 6.50. The van der Waals surface area contributed by atoms with Gasteiger partial charge in [0, 0.05) is 12.7 Å². The van der Waals surface area contributed by atoms with E-state index in [0.29, 0.717) is 5.56 Å². The number of hydrogen-bond acceptors (Lipinski definition) is 3. The van der Waals surface area contributed by atoms with Gasteiger partial charge < -0.3 is 5.32 Å². The molecule has 5 nitrogen and oxygen atoms in total. The van der Waals surface area contributed by atoms with Crippen LogP contribution in [-0.2, 0) is 7.05 Å². The molecule has 5 heteroatoms. The largest absolute Gasteiger partial charge is 0.345 e. The maximum atomic E-state index is 13.0. The van der Waals surface area contributed by atoms with Crippen molar-refractivity contribution < 1.29 is 4.79 Å². The summed E-state index contributed by atoms with van der Waals surface area (Å²) in [6.07, 6.45) is 0. The van der Waals surface area contributed by atoms with Crippen molar-refractivity contribution >= 4 is 27.7 Å². The summed E-state index contributed by atoms with van der Waals surface area (Å²) < 4.78 is 1.72. The molecule has 0 saturated heterocycles. The average molecular weight is 358 g/mol. The predicted octanol–water partition coefficient (Wildman–Crippen LogP) is 4.23. The van der Waals surface area contributed by atoms with Gasteiger partial charge in [0.2, 0.25) is 0 Å². The van der Waals surface area contributed by atoms with Crippen LogP contribution in [0.15, 0.2) is 48.5 Å². The predicted molar refractivity (Wildman–Crippen MR) is 108 cm³/mol. The quantitative estimate of drug-likeness (QED) is 0.596. The Labute approximate surface area is 158 Å². The summed E-state index contributed by atoms with van der Waals surface area (Å²) >= 11 is 0. The van der Waals surface area contributed by atoms with Crippen molar-refractivity contribution in [3.8, 4) is 0 Å². The molecule has 1 unspecified atom stereocenters. The van der Waals surface area contributed by atoms with E-state index in [4.69, 9.17) is 0 Å². The minimum absolute atomic E-state index is 0.109. The van der Waals surface area contributed by atoms with Crippen LogP contribution in [0.2, 0.25) is 0 Å². The van der Waals surface area contributed by atoms with Crippen LogP contribution in [0.5, 0.6) is 0 Å². The molecule has 1 atom stereocenters. The van der Waals surface area contributed by atoms with E-state index in [2.05, 4.69) is 45.7 Å². The molecule has 27 heavy (non-hydrogen) atoms. The number of carbonyl (C=O) groups is 1. The third-order valence-corrected chi connectivity index (χ3v) is 4.96. The first-order valence-corrected chi connectivity index (χ1v) is 9.04. The van der Waals surface area contributed by atoms with Gasteiger partial charge in [-0.1, -0.05) is 36.4 Å². The second-order valence-electron chi connectivity index (χ2n) is 7.02. The Hall–Kier alpha value is -3.21. The van der Waals surface area contributed by atoms with Crippen molar-refractivity contribution in [2.75, 3.05) is 0 Å². The maximum absolute atomic E-state index is 13.0. The number of rotatable bonds is 3. The first-order chi connectivity index (χ1) is 12.9. The summed E-state index contributed by atoms with van der Waals surface area (Å²) in [6.45, 7) is 5.80. The number of pyridine rings is 1. The number of nitrogens with one attached hydrogen (secondary N) is 1. The van der Waals surface area contributed by atoms with Gasteiger partial charge in [0.1, 0.15) is 0 Å². The molecule has 2 heterocycles. The smallest absolute Gasteiger partial charge is 0.252 e. The topological polar surface area (TPSA) is 59.8 Å². The number of benzene rings is 2. The Balaban J connectivity index is 1.68. The summed E-state index contributed by atoms with van der Waals surface area (Å²) in [5, 5.41) is 10.7. The van der Waals surface area contributed by atoms with Crippen molar-refractivity contribution in [2.24, 2.45) is 7.05 Å². The molecule has 2 aromatic heterocycles. The van der Waals surface area contributed by atoms with Crippen molar-refractivity contribution in [1.82, 2.24) is 20.1 Å². The maximum Gasteiger partial charge on any atom is 0.252 e. The van der Waals surface area contributed by atoms with Crippen LogP contribution < -0.4 is 5.32 Å². The van der Waals surface area contributed by atoms with E-state index in [1.54, 1.807) is 4.68 Å². The Morgan fingerprint density at radius 3 is 2.59 bits per heavy atom. The summed E-state index contributed by atoms with van der Waals surface area (Å²) in [5.41, 5.74) is 4.04. The molecule has 0 radical (unpaired) electrons. The lowest BCUT2D eigenvalue weighted by molar-refractivity contribution is 0.0941. The highest BCUT2D eigenvalue weighted by atomic mass is 16.1. The lowest BCUT2D eigenvalue weighted by atomic mass is 10.0. The molecule has 0 aliphatic heterocycles. The fourth-order valence-corrected chi connectivity index (χ4v) is 3.58. The van der Waals surface area contributed by atoms with E-state index in [0.717, 1.165) is 28.0 Å². The zero-order chi connectivity index (χ0) is 19.1. The van der Waals surface area contributed by atoms with Crippen LogP contribution in [0.25, 0.3) is 21.8 Å².